The van der Waals surface area contributed by atoms with Crippen molar-refractivity contribution in [2.75, 3.05) is 5.73 Å². The predicted octanol–water partition coefficient (Wildman–Crippen LogP) is 2.66. The molecule has 0 amide bonds. The third kappa shape index (κ3) is 2.82. The van der Waals surface area contributed by atoms with Crippen molar-refractivity contribution in [3.63, 3.8) is 0 Å². The summed E-state index contributed by atoms with van der Waals surface area (Å²) in [7, 11) is -3.49. The fraction of sp³-hybridized carbons (Fsp3) is 0.182. The van der Waals surface area contributed by atoms with Crippen LogP contribution in [0.1, 0.15) is 10.7 Å². The van der Waals surface area contributed by atoms with Crippen LogP contribution in [0.4, 0.5) is 5.69 Å². The number of hydrogen-bond donors (Lipinski definition) is 1. The number of nitrogens with two attached hydrogens (primary N) is 1. The Kier molecular flexibility index (Phi) is 3.61. The molecule has 0 bridgehead atoms. The first kappa shape index (κ1) is 13.3. The first-order valence-electron chi connectivity index (χ1n) is 5.07. The largest absolute Gasteiger partial charge is 0.399 e. The van der Waals surface area contributed by atoms with Gasteiger partial charge in [0.25, 0.3) is 0 Å². The molecule has 1 aromatic carbocycles. The zero-order valence-electron chi connectivity index (χ0n) is 9.55. The normalized spacial score (nSPS) is 11.7. The standard InChI is InChI=1S/C11H11ClN2O2S2/c1-7-14-9(5-17-7)6-18(15,16)11-3-2-8(13)4-10(11)12/h2-5H,6,13H2,1H3. The van der Waals surface area contributed by atoms with E-state index in [4.69, 9.17) is 17.3 Å². The van der Waals surface area contributed by atoms with Crippen LogP contribution in [0.25, 0.3) is 0 Å². The molecule has 18 heavy (non-hydrogen) atoms. The summed E-state index contributed by atoms with van der Waals surface area (Å²) < 4.78 is 24.4. The summed E-state index contributed by atoms with van der Waals surface area (Å²) in [6.45, 7) is 1.83. The molecule has 4 nitrogen and oxygen atoms in total. The summed E-state index contributed by atoms with van der Waals surface area (Å²) in [5, 5.41) is 2.71. The molecule has 0 atom stereocenters. The highest BCUT2D eigenvalue weighted by Gasteiger charge is 2.20. The summed E-state index contributed by atoms with van der Waals surface area (Å²) in [4.78, 5) is 4.23. The van der Waals surface area contributed by atoms with Gasteiger partial charge in [0, 0.05) is 11.1 Å². The molecular formula is C11H11ClN2O2S2. The van der Waals surface area contributed by atoms with Gasteiger partial charge < -0.3 is 5.73 Å². The van der Waals surface area contributed by atoms with E-state index in [1.54, 1.807) is 5.38 Å². The Hall–Kier alpha value is -1.11. The molecule has 7 heteroatoms. The highest BCUT2D eigenvalue weighted by atomic mass is 35.5. The SMILES string of the molecule is Cc1nc(CS(=O)(=O)c2ccc(N)cc2Cl)cs1. The smallest absolute Gasteiger partial charge is 0.185 e. The Morgan fingerprint density at radius 2 is 2.17 bits per heavy atom. The molecule has 2 N–H and O–H groups in total. The van der Waals surface area contributed by atoms with Gasteiger partial charge in [-0.1, -0.05) is 11.6 Å². The number of sulfone groups is 1. The van der Waals surface area contributed by atoms with Gasteiger partial charge in [-0.05, 0) is 25.1 Å². The van der Waals surface area contributed by atoms with Crippen molar-refractivity contribution < 1.29 is 8.42 Å². The monoisotopic (exact) mass is 302 g/mol. The maximum atomic E-state index is 12.2. The van der Waals surface area contributed by atoms with Crippen molar-refractivity contribution in [1.82, 2.24) is 4.98 Å². The van der Waals surface area contributed by atoms with Crippen molar-refractivity contribution in [3.8, 4) is 0 Å². The van der Waals surface area contributed by atoms with E-state index in [9.17, 15) is 8.42 Å². The second-order valence-electron chi connectivity index (χ2n) is 3.81. The zero-order valence-corrected chi connectivity index (χ0v) is 11.9. The van der Waals surface area contributed by atoms with Crippen LogP contribution in [0.15, 0.2) is 28.5 Å². The first-order valence-corrected chi connectivity index (χ1v) is 7.98. The van der Waals surface area contributed by atoms with Gasteiger partial charge in [-0.2, -0.15) is 0 Å². The quantitative estimate of drug-likeness (QED) is 0.885. The lowest BCUT2D eigenvalue weighted by atomic mass is 10.3. The van der Waals surface area contributed by atoms with Crippen LogP contribution in [-0.4, -0.2) is 13.4 Å². The van der Waals surface area contributed by atoms with Crippen LogP contribution in [0.2, 0.25) is 5.02 Å². The maximum absolute atomic E-state index is 12.2. The number of rotatable bonds is 3. The van der Waals surface area contributed by atoms with Crippen molar-refractivity contribution in [2.45, 2.75) is 17.6 Å². The van der Waals surface area contributed by atoms with Crippen LogP contribution in [0.5, 0.6) is 0 Å². The Labute approximate surface area is 114 Å². The van der Waals surface area contributed by atoms with E-state index < -0.39 is 9.84 Å². The van der Waals surface area contributed by atoms with Gasteiger partial charge in [0.2, 0.25) is 0 Å². The lowest BCUT2D eigenvalue weighted by Gasteiger charge is -2.05. The first-order chi connectivity index (χ1) is 8.38. The number of thiazole rings is 1. The van der Waals surface area contributed by atoms with Gasteiger partial charge in [0.1, 0.15) is 0 Å². The Morgan fingerprint density at radius 3 is 2.72 bits per heavy atom. The lowest BCUT2D eigenvalue weighted by molar-refractivity contribution is 0.595. The molecule has 0 aliphatic rings. The molecule has 0 aliphatic heterocycles. The number of nitrogen functional groups attached to an aromatic ring is 1. The number of hydrogen-bond acceptors (Lipinski definition) is 5. The van der Waals surface area contributed by atoms with E-state index in [2.05, 4.69) is 4.98 Å². The minimum Gasteiger partial charge on any atom is -0.399 e. The molecule has 2 aromatic rings. The molecule has 2 rings (SSSR count). The minimum absolute atomic E-state index is 0.0871. The summed E-state index contributed by atoms with van der Waals surface area (Å²) in [5.74, 6) is -0.152. The van der Waals surface area contributed by atoms with Gasteiger partial charge in [-0.25, -0.2) is 13.4 Å². The highest BCUT2D eigenvalue weighted by molar-refractivity contribution is 7.90. The minimum atomic E-state index is -3.49. The molecule has 0 aliphatic carbocycles. The predicted molar refractivity (Wildman–Crippen MR) is 73.6 cm³/mol. The van der Waals surface area contributed by atoms with Crippen molar-refractivity contribution >= 4 is 38.5 Å². The fourth-order valence-corrected chi connectivity index (χ4v) is 4.10. The average molecular weight is 303 g/mol. The topological polar surface area (TPSA) is 73.0 Å². The van der Waals surface area contributed by atoms with E-state index in [1.807, 2.05) is 6.92 Å². The second-order valence-corrected chi connectivity index (χ2v) is 7.23. The van der Waals surface area contributed by atoms with E-state index in [0.29, 0.717) is 11.4 Å². The number of anilines is 1. The molecule has 1 heterocycles. The molecular weight excluding hydrogens is 292 g/mol. The lowest BCUT2D eigenvalue weighted by Crippen LogP contribution is -2.06. The molecule has 0 fully saturated rings. The third-order valence-corrected chi connectivity index (χ3v) is 5.24. The van der Waals surface area contributed by atoms with Gasteiger partial charge >= 0.3 is 0 Å². The molecule has 1 aromatic heterocycles. The fourth-order valence-electron chi connectivity index (χ4n) is 1.52. The number of aromatic nitrogens is 1. The molecule has 0 radical (unpaired) electrons. The van der Waals surface area contributed by atoms with Crippen LogP contribution < -0.4 is 5.73 Å². The van der Waals surface area contributed by atoms with E-state index in [1.165, 1.54) is 29.5 Å². The van der Waals surface area contributed by atoms with Crippen molar-refractivity contribution in [1.29, 1.82) is 0 Å². The molecule has 96 valence electrons. The molecule has 0 unspecified atom stereocenters. The molecule has 0 saturated heterocycles. The highest BCUT2D eigenvalue weighted by Crippen LogP contribution is 2.26. The van der Waals surface area contributed by atoms with Crippen LogP contribution in [0.3, 0.4) is 0 Å². The molecule has 0 spiro atoms. The third-order valence-electron chi connectivity index (χ3n) is 2.30. The molecule has 0 saturated carbocycles. The Morgan fingerprint density at radius 1 is 1.44 bits per heavy atom. The average Bonchev–Trinajstić information content (AvgIpc) is 2.62. The van der Waals surface area contributed by atoms with Gasteiger partial charge in [-0.3, -0.25) is 0 Å². The van der Waals surface area contributed by atoms with Crippen molar-refractivity contribution in [3.05, 3.63) is 39.3 Å². The number of aryl methyl sites for hydroxylation is 1. The Balaban J connectivity index is 2.36. The zero-order chi connectivity index (χ0) is 13.3. The Bertz CT molecular complexity index is 680. The summed E-state index contributed by atoms with van der Waals surface area (Å²) in [5.41, 5.74) is 6.50. The summed E-state index contributed by atoms with van der Waals surface area (Å²) >= 11 is 7.33. The second kappa shape index (κ2) is 4.87. The maximum Gasteiger partial charge on any atom is 0.185 e. The number of nitrogens with zero attached hydrogens (tertiary/aromatic N) is 1. The van der Waals surface area contributed by atoms with Gasteiger partial charge in [0.05, 0.1) is 26.4 Å². The van der Waals surface area contributed by atoms with Gasteiger partial charge in [0.15, 0.2) is 9.84 Å². The van der Waals surface area contributed by atoms with Crippen LogP contribution in [0, 0.1) is 6.92 Å². The van der Waals surface area contributed by atoms with Gasteiger partial charge in [-0.15, -0.1) is 11.3 Å². The van der Waals surface area contributed by atoms with E-state index in [-0.39, 0.29) is 15.7 Å². The van der Waals surface area contributed by atoms with E-state index >= 15 is 0 Å². The van der Waals surface area contributed by atoms with Crippen LogP contribution >= 0.6 is 22.9 Å². The summed E-state index contributed by atoms with van der Waals surface area (Å²) in [6.07, 6.45) is 0. The number of benzene rings is 1. The number of halogens is 1. The summed E-state index contributed by atoms with van der Waals surface area (Å²) in [6, 6.07) is 4.37. The van der Waals surface area contributed by atoms with E-state index in [0.717, 1.165) is 5.01 Å². The van der Waals surface area contributed by atoms with Crippen molar-refractivity contribution in [2.24, 2.45) is 0 Å². The van der Waals surface area contributed by atoms with Crippen LogP contribution in [-0.2, 0) is 15.6 Å².